The lowest BCUT2D eigenvalue weighted by Gasteiger charge is -2.32. The summed E-state index contributed by atoms with van der Waals surface area (Å²) in [6.45, 7) is 1.75. The first-order valence-corrected chi connectivity index (χ1v) is 10.3. The average Bonchev–Trinajstić information content (AvgIpc) is 3.43. The molecule has 1 aromatic carbocycles. The molecule has 1 saturated heterocycles. The molecule has 0 bridgehead atoms. The molecular weight excluding hydrogens is 390 g/mol. The Morgan fingerprint density at radius 2 is 2.17 bits per heavy atom. The van der Waals surface area contributed by atoms with E-state index in [1.807, 2.05) is 23.6 Å². The van der Waals surface area contributed by atoms with Crippen LogP contribution in [0.1, 0.15) is 12.8 Å². The quantitative estimate of drug-likeness (QED) is 0.708. The van der Waals surface area contributed by atoms with Gasteiger partial charge in [-0.1, -0.05) is 0 Å². The van der Waals surface area contributed by atoms with Gasteiger partial charge in [0, 0.05) is 36.4 Å². The highest BCUT2D eigenvalue weighted by Crippen LogP contribution is 2.36. The minimum absolute atomic E-state index is 0.00910. The van der Waals surface area contributed by atoms with Gasteiger partial charge in [-0.2, -0.15) is 0 Å². The minimum atomic E-state index is -0.108. The van der Waals surface area contributed by atoms with Gasteiger partial charge in [0.25, 0.3) is 0 Å². The summed E-state index contributed by atoms with van der Waals surface area (Å²) in [7, 11) is 0. The molecule has 2 aliphatic heterocycles. The van der Waals surface area contributed by atoms with Gasteiger partial charge in [-0.05, 0) is 31.0 Å². The summed E-state index contributed by atoms with van der Waals surface area (Å²) in [5.74, 6) is 2.15. The second-order valence-corrected chi connectivity index (χ2v) is 7.80. The topological polar surface area (TPSA) is 89.5 Å². The van der Waals surface area contributed by atoms with Crippen molar-refractivity contribution >= 4 is 28.2 Å². The number of amides is 1. The largest absolute Gasteiger partial charge is 0.454 e. The van der Waals surface area contributed by atoms with E-state index in [2.05, 4.69) is 25.2 Å². The third kappa shape index (κ3) is 3.73. The Labute approximate surface area is 171 Å². The highest BCUT2D eigenvalue weighted by atomic mass is 32.1. The number of piperidine rings is 1. The van der Waals surface area contributed by atoms with Crippen LogP contribution in [0.5, 0.6) is 11.5 Å². The Bertz CT molecular complexity index is 1030. The van der Waals surface area contributed by atoms with E-state index in [0.29, 0.717) is 17.4 Å². The Morgan fingerprint density at radius 1 is 1.24 bits per heavy atom. The van der Waals surface area contributed by atoms with Crippen LogP contribution in [-0.4, -0.2) is 40.7 Å². The molecule has 2 aromatic heterocycles. The third-order valence-electron chi connectivity index (χ3n) is 5.07. The summed E-state index contributed by atoms with van der Waals surface area (Å²) in [6, 6.07) is 5.72. The van der Waals surface area contributed by atoms with Gasteiger partial charge in [0.2, 0.25) is 12.7 Å². The number of rotatable bonds is 4. The van der Waals surface area contributed by atoms with Crippen molar-refractivity contribution in [1.82, 2.24) is 15.0 Å². The van der Waals surface area contributed by atoms with Crippen LogP contribution in [0.3, 0.4) is 0 Å². The lowest BCUT2D eigenvalue weighted by molar-refractivity contribution is -0.120. The van der Waals surface area contributed by atoms with Gasteiger partial charge in [0.15, 0.2) is 16.6 Å². The number of aromatic nitrogens is 3. The number of ether oxygens (including phenoxy) is 2. The third-order valence-corrected chi connectivity index (χ3v) is 5.83. The second-order valence-electron chi connectivity index (χ2n) is 6.94. The normalized spacial score (nSPS) is 17.9. The molecule has 148 valence electrons. The number of hydrogen-bond acceptors (Lipinski definition) is 8. The number of nitrogens with one attached hydrogen (secondary N) is 1. The van der Waals surface area contributed by atoms with Crippen LogP contribution in [0.15, 0.2) is 42.2 Å². The van der Waals surface area contributed by atoms with Crippen molar-refractivity contribution in [2.75, 3.05) is 30.1 Å². The van der Waals surface area contributed by atoms with Gasteiger partial charge in [-0.25, -0.2) is 9.97 Å². The van der Waals surface area contributed by atoms with Crippen LogP contribution in [0.4, 0.5) is 10.9 Å². The number of hydrogen-bond donors (Lipinski definition) is 1. The summed E-state index contributed by atoms with van der Waals surface area (Å²) < 4.78 is 10.8. The zero-order chi connectivity index (χ0) is 19.6. The van der Waals surface area contributed by atoms with E-state index in [9.17, 15) is 4.79 Å². The van der Waals surface area contributed by atoms with Crippen LogP contribution in [0.25, 0.3) is 11.3 Å². The average molecular weight is 409 g/mol. The fourth-order valence-electron chi connectivity index (χ4n) is 3.58. The van der Waals surface area contributed by atoms with Gasteiger partial charge in [-0.3, -0.25) is 9.78 Å². The van der Waals surface area contributed by atoms with E-state index in [-0.39, 0.29) is 18.6 Å². The van der Waals surface area contributed by atoms with E-state index in [1.54, 1.807) is 18.6 Å². The number of carbonyl (C=O) groups is 1. The van der Waals surface area contributed by atoms with Gasteiger partial charge in [0.05, 0.1) is 17.8 Å². The van der Waals surface area contributed by atoms with E-state index in [0.717, 1.165) is 42.2 Å². The molecule has 2 aliphatic rings. The second kappa shape index (κ2) is 7.67. The molecule has 0 spiro atoms. The van der Waals surface area contributed by atoms with E-state index < -0.39 is 0 Å². The minimum Gasteiger partial charge on any atom is -0.454 e. The van der Waals surface area contributed by atoms with Crippen molar-refractivity contribution in [1.29, 1.82) is 0 Å². The highest BCUT2D eigenvalue weighted by Gasteiger charge is 2.27. The first-order chi connectivity index (χ1) is 14.3. The van der Waals surface area contributed by atoms with Gasteiger partial charge < -0.3 is 19.7 Å². The molecule has 1 amide bonds. The summed E-state index contributed by atoms with van der Waals surface area (Å²) in [5, 5.41) is 5.50. The van der Waals surface area contributed by atoms with E-state index in [1.165, 1.54) is 11.3 Å². The first kappa shape index (κ1) is 17.9. The summed E-state index contributed by atoms with van der Waals surface area (Å²) in [6.07, 6.45) is 6.85. The van der Waals surface area contributed by atoms with Crippen molar-refractivity contribution in [3.8, 4) is 22.8 Å². The maximum absolute atomic E-state index is 12.8. The zero-order valence-corrected chi connectivity index (χ0v) is 16.4. The number of fused-ring (bicyclic) bond motifs is 1. The van der Waals surface area contributed by atoms with Crippen LogP contribution in [0, 0.1) is 5.92 Å². The van der Waals surface area contributed by atoms with E-state index >= 15 is 0 Å². The summed E-state index contributed by atoms with van der Waals surface area (Å²) in [4.78, 5) is 27.9. The number of anilines is 2. The van der Waals surface area contributed by atoms with Crippen molar-refractivity contribution in [3.63, 3.8) is 0 Å². The fourth-order valence-corrected chi connectivity index (χ4v) is 4.30. The molecule has 9 heteroatoms. The monoisotopic (exact) mass is 409 g/mol. The molecule has 3 aromatic rings. The molecule has 1 fully saturated rings. The van der Waals surface area contributed by atoms with Crippen molar-refractivity contribution in [2.24, 2.45) is 5.92 Å². The zero-order valence-electron chi connectivity index (χ0n) is 15.6. The van der Waals surface area contributed by atoms with Gasteiger partial charge in [-0.15, -0.1) is 11.3 Å². The number of benzene rings is 1. The lowest BCUT2D eigenvalue weighted by atomic mass is 9.97. The number of nitrogens with zero attached hydrogens (tertiary/aromatic N) is 4. The molecular formula is C20H19N5O3S. The first-order valence-electron chi connectivity index (χ1n) is 9.43. The number of thiazole rings is 1. The van der Waals surface area contributed by atoms with Crippen molar-refractivity contribution < 1.29 is 14.3 Å². The molecule has 8 nitrogen and oxygen atoms in total. The Balaban J connectivity index is 1.25. The fraction of sp³-hybridized carbons (Fsp3) is 0.300. The van der Waals surface area contributed by atoms with Crippen LogP contribution in [0.2, 0.25) is 0 Å². The molecule has 1 atom stereocenters. The maximum atomic E-state index is 12.8. The SMILES string of the molecule is O=C(Nc1nc(-c2ccc3c(c2)OCO3)cs1)C1CCCN(c2cnccn2)C1. The van der Waals surface area contributed by atoms with Gasteiger partial charge in [0.1, 0.15) is 5.82 Å². The predicted molar refractivity (Wildman–Crippen MR) is 109 cm³/mol. The van der Waals surface area contributed by atoms with Crippen LogP contribution in [-0.2, 0) is 4.79 Å². The van der Waals surface area contributed by atoms with Crippen molar-refractivity contribution in [3.05, 3.63) is 42.2 Å². The molecule has 5 rings (SSSR count). The summed E-state index contributed by atoms with van der Waals surface area (Å²) in [5.41, 5.74) is 1.73. The summed E-state index contributed by atoms with van der Waals surface area (Å²) >= 11 is 1.42. The molecule has 0 saturated carbocycles. The highest BCUT2D eigenvalue weighted by molar-refractivity contribution is 7.14. The number of carbonyl (C=O) groups excluding carboxylic acids is 1. The Hall–Kier alpha value is -3.20. The molecule has 4 heterocycles. The standard InChI is InChI=1S/C20H19N5O3S/c26-19(14-2-1-7-25(10-14)18-9-21-5-6-22-18)24-20-23-15(11-29-20)13-3-4-16-17(8-13)28-12-27-16/h3-6,8-9,11,14H,1-2,7,10,12H2,(H,23,24,26). The lowest BCUT2D eigenvalue weighted by Crippen LogP contribution is -2.41. The molecule has 0 radical (unpaired) electrons. The molecule has 1 N–H and O–H groups in total. The van der Waals surface area contributed by atoms with Crippen LogP contribution < -0.4 is 19.7 Å². The Morgan fingerprint density at radius 3 is 3.07 bits per heavy atom. The van der Waals surface area contributed by atoms with Crippen LogP contribution >= 0.6 is 11.3 Å². The maximum Gasteiger partial charge on any atom is 0.231 e. The van der Waals surface area contributed by atoms with E-state index in [4.69, 9.17) is 9.47 Å². The molecule has 29 heavy (non-hydrogen) atoms. The molecule has 1 unspecified atom stereocenters. The van der Waals surface area contributed by atoms with Crippen molar-refractivity contribution in [2.45, 2.75) is 12.8 Å². The Kier molecular flexibility index (Phi) is 4.73. The molecule has 0 aliphatic carbocycles. The van der Waals surface area contributed by atoms with Gasteiger partial charge >= 0.3 is 0 Å². The predicted octanol–water partition coefficient (Wildman–Crippen LogP) is 3.18. The smallest absolute Gasteiger partial charge is 0.231 e.